The summed E-state index contributed by atoms with van der Waals surface area (Å²) in [5.41, 5.74) is 3.15. The van der Waals surface area contributed by atoms with E-state index < -0.39 is 0 Å². The fourth-order valence-electron chi connectivity index (χ4n) is 5.28. The zero-order valence-electron chi connectivity index (χ0n) is 21.1. The van der Waals surface area contributed by atoms with Crippen molar-refractivity contribution in [1.82, 2.24) is 9.78 Å². The van der Waals surface area contributed by atoms with Crippen molar-refractivity contribution in [2.24, 2.45) is 0 Å². The standard InChI is InChI=1S/C30H32FN3O2.ClH/c1-36-26-14-10-22(11-15-26)16-19-33-18-4-5-25(17-20-33)34-30(35)28-7-3-2-6-27(28)29(32-34)21-23-8-12-24(31)13-9-23;/h2-3,6-15,25H,4-5,16-21H2,1H3;1H. The van der Waals surface area contributed by atoms with E-state index in [1.165, 1.54) is 17.7 Å². The first kappa shape index (κ1) is 26.8. The van der Waals surface area contributed by atoms with Crippen molar-refractivity contribution >= 4 is 10.8 Å². The molecule has 1 fully saturated rings. The molecular formula is C30H33ClFN3O2. The molecule has 7 heteroatoms. The van der Waals surface area contributed by atoms with Crippen LogP contribution in [0, 0.1) is 5.82 Å². The van der Waals surface area contributed by atoms with Crippen LogP contribution in [0.2, 0.25) is 0 Å². The molecule has 0 radical (unpaired) electrons. The molecule has 1 aliphatic rings. The van der Waals surface area contributed by atoms with Crippen molar-refractivity contribution in [2.75, 3.05) is 26.7 Å². The first-order valence-electron chi connectivity index (χ1n) is 12.8. The molecule has 2 unspecified atom stereocenters. The van der Waals surface area contributed by atoms with Crippen LogP contribution < -0.4 is 27.6 Å². The molecule has 0 bridgehead atoms. The number of fused-ring (bicyclic) bond motifs is 1. The molecule has 0 amide bonds. The average Bonchev–Trinajstić information content (AvgIpc) is 3.16. The molecule has 0 aliphatic carbocycles. The van der Waals surface area contributed by atoms with Gasteiger partial charge in [-0.2, -0.15) is 5.10 Å². The van der Waals surface area contributed by atoms with Crippen LogP contribution in [-0.4, -0.2) is 36.5 Å². The number of likely N-dealkylation sites (tertiary alicyclic amines) is 1. The molecule has 0 saturated carbocycles. The second-order valence-corrected chi connectivity index (χ2v) is 9.73. The van der Waals surface area contributed by atoms with Crippen molar-refractivity contribution in [2.45, 2.75) is 38.1 Å². The first-order chi connectivity index (χ1) is 17.6. The zero-order chi connectivity index (χ0) is 24.9. The summed E-state index contributed by atoms with van der Waals surface area (Å²) in [6.45, 7) is 3.21. The lowest BCUT2D eigenvalue weighted by atomic mass is 10.0. The van der Waals surface area contributed by atoms with Gasteiger partial charge in [0.05, 0.1) is 43.9 Å². The lowest BCUT2D eigenvalue weighted by Gasteiger charge is -2.19. The molecule has 2 heterocycles. The van der Waals surface area contributed by atoms with Gasteiger partial charge in [-0.1, -0.05) is 42.5 Å². The Hall–Kier alpha value is -3.22. The van der Waals surface area contributed by atoms with Crippen molar-refractivity contribution in [3.63, 3.8) is 0 Å². The van der Waals surface area contributed by atoms with Gasteiger partial charge in [0.2, 0.25) is 0 Å². The Morgan fingerprint density at radius 3 is 2.38 bits per heavy atom. The van der Waals surface area contributed by atoms with Crippen LogP contribution in [0.1, 0.15) is 42.1 Å². The Balaban J connectivity index is 0.00000320. The zero-order valence-corrected chi connectivity index (χ0v) is 21.9. The highest BCUT2D eigenvalue weighted by Gasteiger charge is 2.24. The van der Waals surface area contributed by atoms with Crippen LogP contribution in [0.4, 0.5) is 4.39 Å². The maximum Gasteiger partial charge on any atom is 0.274 e. The van der Waals surface area contributed by atoms with Gasteiger partial charge in [0.15, 0.2) is 0 Å². The highest BCUT2D eigenvalue weighted by Crippen LogP contribution is 2.22. The Morgan fingerprint density at radius 1 is 0.946 bits per heavy atom. The van der Waals surface area contributed by atoms with Gasteiger partial charge in [-0.25, -0.2) is 9.07 Å². The van der Waals surface area contributed by atoms with E-state index in [-0.39, 0.29) is 29.8 Å². The van der Waals surface area contributed by atoms with Gasteiger partial charge in [-0.15, -0.1) is 0 Å². The lowest BCUT2D eigenvalue weighted by molar-refractivity contribution is -0.899. The first-order valence-corrected chi connectivity index (χ1v) is 12.8. The molecule has 1 aliphatic heterocycles. The maximum absolute atomic E-state index is 13.5. The molecule has 5 rings (SSSR count). The van der Waals surface area contributed by atoms with Crippen LogP contribution in [0.15, 0.2) is 77.6 Å². The van der Waals surface area contributed by atoms with Gasteiger partial charge in [-0.3, -0.25) is 4.79 Å². The number of ether oxygens (including phenoxy) is 1. The maximum atomic E-state index is 13.5. The van der Waals surface area contributed by atoms with Crippen LogP contribution in [-0.2, 0) is 12.8 Å². The lowest BCUT2D eigenvalue weighted by Crippen LogP contribution is -3.12. The third kappa shape index (κ3) is 6.38. The fraction of sp³-hybridized carbons (Fsp3) is 0.333. The van der Waals surface area contributed by atoms with Gasteiger partial charge in [0.1, 0.15) is 11.6 Å². The van der Waals surface area contributed by atoms with Crippen LogP contribution in [0.25, 0.3) is 10.8 Å². The van der Waals surface area contributed by atoms with Gasteiger partial charge in [0.25, 0.3) is 5.56 Å². The van der Waals surface area contributed by atoms with E-state index in [0.717, 1.165) is 67.7 Å². The number of hydrogen-bond donors (Lipinski definition) is 1. The molecule has 1 saturated heterocycles. The van der Waals surface area contributed by atoms with Crippen molar-refractivity contribution in [3.05, 3.63) is 106 Å². The summed E-state index contributed by atoms with van der Waals surface area (Å²) >= 11 is 0. The molecule has 0 spiro atoms. The van der Waals surface area contributed by atoms with E-state index >= 15 is 0 Å². The minimum atomic E-state index is -0.251. The third-order valence-electron chi connectivity index (χ3n) is 7.36. The average molecular weight is 522 g/mol. The molecule has 2 atom stereocenters. The molecular weight excluding hydrogens is 489 g/mol. The number of benzene rings is 3. The van der Waals surface area contributed by atoms with Crippen LogP contribution in [0.3, 0.4) is 0 Å². The summed E-state index contributed by atoms with van der Waals surface area (Å²) in [7, 11) is 1.69. The van der Waals surface area contributed by atoms with E-state index in [4.69, 9.17) is 9.84 Å². The normalized spacial score (nSPS) is 17.7. The van der Waals surface area contributed by atoms with Crippen LogP contribution >= 0.6 is 0 Å². The van der Waals surface area contributed by atoms with Crippen molar-refractivity contribution in [3.8, 4) is 5.75 Å². The molecule has 1 N–H and O–H groups in total. The second-order valence-electron chi connectivity index (χ2n) is 9.73. The molecule has 5 nitrogen and oxygen atoms in total. The Bertz CT molecular complexity index is 1370. The van der Waals surface area contributed by atoms with Gasteiger partial charge < -0.3 is 22.0 Å². The summed E-state index contributed by atoms with van der Waals surface area (Å²) in [4.78, 5) is 15.0. The van der Waals surface area contributed by atoms with E-state index in [1.807, 2.05) is 36.4 Å². The predicted octanol–water partition coefficient (Wildman–Crippen LogP) is 0.992. The smallest absolute Gasteiger partial charge is 0.274 e. The number of rotatable bonds is 7. The molecule has 4 aromatic rings. The van der Waals surface area contributed by atoms with E-state index in [1.54, 1.807) is 28.8 Å². The Morgan fingerprint density at radius 2 is 1.65 bits per heavy atom. The van der Waals surface area contributed by atoms with E-state index in [2.05, 4.69) is 12.1 Å². The van der Waals surface area contributed by atoms with E-state index in [9.17, 15) is 9.18 Å². The predicted molar refractivity (Wildman–Crippen MR) is 140 cm³/mol. The largest absolute Gasteiger partial charge is 1.00 e. The summed E-state index contributed by atoms with van der Waals surface area (Å²) in [5, 5.41) is 6.49. The number of nitrogens with one attached hydrogen (secondary N) is 1. The van der Waals surface area contributed by atoms with Gasteiger partial charge >= 0.3 is 0 Å². The Kier molecular flexibility index (Phi) is 8.95. The minimum absolute atomic E-state index is 0. The molecule has 37 heavy (non-hydrogen) atoms. The number of hydrogen-bond acceptors (Lipinski definition) is 3. The monoisotopic (exact) mass is 521 g/mol. The third-order valence-corrected chi connectivity index (χ3v) is 7.36. The number of aromatic nitrogens is 2. The topological polar surface area (TPSA) is 48.6 Å². The van der Waals surface area contributed by atoms with Crippen molar-refractivity contribution in [1.29, 1.82) is 0 Å². The summed E-state index contributed by atoms with van der Waals surface area (Å²) in [5.74, 6) is 0.634. The summed E-state index contributed by atoms with van der Waals surface area (Å²) in [6, 6.07) is 22.6. The summed E-state index contributed by atoms with van der Waals surface area (Å²) < 4.78 is 20.4. The fourth-order valence-corrected chi connectivity index (χ4v) is 5.28. The molecule has 1 aromatic heterocycles. The highest BCUT2D eigenvalue weighted by atomic mass is 35.5. The number of halogens is 2. The van der Waals surface area contributed by atoms with Gasteiger partial charge in [0, 0.05) is 24.6 Å². The van der Waals surface area contributed by atoms with Crippen LogP contribution in [0.5, 0.6) is 5.75 Å². The number of nitrogens with zero attached hydrogens (tertiary/aromatic N) is 2. The highest BCUT2D eigenvalue weighted by molar-refractivity contribution is 5.83. The van der Waals surface area contributed by atoms with E-state index in [0.29, 0.717) is 11.8 Å². The molecule has 194 valence electrons. The summed E-state index contributed by atoms with van der Waals surface area (Å²) in [6.07, 6.45) is 4.54. The van der Waals surface area contributed by atoms with Gasteiger partial charge in [-0.05, 0) is 54.3 Å². The minimum Gasteiger partial charge on any atom is -1.00 e. The molecule has 3 aromatic carbocycles. The number of methoxy groups -OCH3 is 1. The quantitative estimate of drug-likeness (QED) is 0.395. The second kappa shape index (κ2) is 12.3. The SMILES string of the molecule is COc1ccc(CC[NH+]2CCCC(n3nc(Cc4ccc(F)cc4)c4ccccc4c3=O)CC2)cc1.[Cl-]. The number of quaternary nitrogens is 1. The van der Waals surface area contributed by atoms with Crippen molar-refractivity contribution < 1.29 is 26.4 Å². The Labute approximate surface area is 223 Å².